The third kappa shape index (κ3) is 6.45. The molecule has 0 fully saturated rings. The first-order valence-corrected chi connectivity index (χ1v) is 11.8. The number of aliphatic hydroxyl groups is 1. The molecular formula is C27H32NO4S+. The van der Waals surface area contributed by atoms with Crippen LogP contribution in [0.4, 0.5) is 0 Å². The van der Waals surface area contributed by atoms with Crippen molar-refractivity contribution in [2.45, 2.75) is 53.1 Å². The van der Waals surface area contributed by atoms with Crippen LogP contribution >= 0.6 is 11.3 Å². The Kier molecular flexibility index (Phi) is 7.59. The number of hydrogen-bond acceptors (Lipinski definition) is 3. The smallest absolute Gasteiger partial charge is 0.376 e. The molecule has 1 aromatic heterocycles. The highest BCUT2D eigenvalue weighted by molar-refractivity contribution is 7.13. The Morgan fingerprint density at radius 3 is 2.21 bits per heavy atom. The molecule has 33 heavy (non-hydrogen) atoms. The van der Waals surface area contributed by atoms with Crippen LogP contribution in [0.2, 0.25) is 0 Å². The molecule has 3 N–H and O–H groups in total. The van der Waals surface area contributed by atoms with Crippen LogP contribution in [0.3, 0.4) is 0 Å². The summed E-state index contributed by atoms with van der Waals surface area (Å²) in [6.07, 6.45) is -0.0547. The van der Waals surface area contributed by atoms with Gasteiger partial charge in [-0.25, -0.2) is 4.99 Å². The summed E-state index contributed by atoms with van der Waals surface area (Å²) in [4.78, 5) is 14.9. The summed E-state index contributed by atoms with van der Waals surface area (Å²) in [6.45, 7) is 11.4. The summed E-state index contributed by atoms with van der Waals surface area (Å²) in [6, 6.07) is 16.6. The summed E-state index contributed by atoms with van der Waals surface area (Å²) < 4.78 is 6.04. The first-order valence-electron chi connectivity index (χ1n) is 11.0. The number of carboxylic acid groups (broad SMARTS) is 1. The molecule has 3 rings (SSSR count). The number of thiophene rings is 1. The van der Waals surface area contributed by atoms with Gasteiger partial charge in [-0.1, -0.05) is 45.0 Å². The van der Waals surface area contributed by atoms with Crippen LogP contribution in [-0.4, -0.2) is 28.6 Å². The van der Waals surface area contributed by atoms with E-state index in [1.807, 2.05) is 6.07 Å². The molecule has 0 spiro atoms. The monoisotopic (exact) mass is 466 g/mol. The Balaban J connectivity index is 1.69. The number of aliphatic hydroxyl groups excluding tert-OH is 1. The van der Waals surface area contributed by atoms with Crippen LogP contribution in [0, 0.1) is 13.8 Å². The van der Waals surface area contributed by atoms with Crippen molar-refractivity contribution < 1.29 is 24.7 Å². The number of benzene rings is 2. The highest BCUT2D eigenvalue weighted by Gasteiger charge is 2.15. The fourth-order valence-electron chi connectivity index (χ4n) is 3.71. The summed E-state index contributed by atoms with van der Waals surface area (Å²) >= 11 is 1.41. The second-order valence-electron chi connectivity index (χ2n) is 9.23. The summed E-state index contributed by atoms with van der Waals surface area (Å²) in [5.41, 5.74) is 6.20. The summed E-state index contributed by atoms with van der Waals surface area (Å²) in [5, 5.41) is 18.8. The lowest BCUT2D eigenvalue weighted by Gasteiger charge is -2.20. The van der Waals surface area contributed by atoms with Gasteiger partial charge in [0.1, 0.15) is 23.7 Å². The largest absolute Gasteiger partial charge is 0.488 e. The minimum absolute atomic E-state index is 0.0129. The van der Waals surface area contributed by atoms with Crippen LogP contribution in [0.5, 0.6) is 5.75 Å². The van der Waals surface area contributed by atoms with Crippen molar-refractivity contribution in [1.82, 2.24) is 0 Å². The van der Waals surface area contributed by atoms with Crippen LogP contribution in [0.1, 0.15) is 53.6 Å². The molecular weight excluding hydrogens is 434 g/mol. The second-order valence-corrected chi connectivity index (χ2v) is 10.4. The van der Waals surface area contributed by atoms with Crippen LogP contribution < -0.4 is 9.73 Å². The van der Waals surface area contributed by atoms with E-state index in [0.29, 0.717) is 11.5 Å². The molecule has 0 aliphatic carbocycles. The van der Waals surface area contributed by atoms with Crippen molar-refractivity contribution in [3.8, 4) is 16.9 Å². The van der Waals surface area contributed by atoms with Crippen LogP contribution in [-0.2, 0) is 16.8 Å². The first kappa shape index (κ1) is 24.5. The number of ether oxygens (including phenoxy) is 1. The summed E-state index contributed by atoms with van der Waals surface area (Å²) in [7, 11) is 0. The molecule has 0 aliphatic rings. The van der Waals surface area contributed by atoms with Crippen molar-refractivity contribution >= 4 is 23.2 Å². The predicted octanol–water partition coefficient (Wildman–Crippen LogP) is 4.77. The number of aryl methyl sites for hydroxylation is 2. The lowest BCUT2D eigenvalue weighted by atomic mass is 9.85. The maximum atomic E-state index is 10.6. The fourth-order valence-corrected chi connectivity index (χ4v) is 4.55. The Labute approximate surface area is 199 Å². The van der Waals surface area contributed by atoms with Gasteiger partial charge in [0.15, 0.2) is 6.54 Å². The van der Waals surface area contributed by atoms with E-state index in [4.69, 9.17) is 9.84 Å². The molecule has 5 nitrogen and oxygen atoms in total. The van der Waals surface area contributed by atoms with Gasteiger partial charge >= 0.3 is 11.9 Å². The second kappa shape index (κ2) is 10.2. The predicted molar refractivity (Wildman–Crippen MR) is 134 cm³/mol. The maximum absolute atomic E-state index is 10.6. The van der Waals surface area contributed by atoms with Gasteiger partial charge in [-0.3, -0.25) is 4.79 Å². The third-order valence-electron chi connectivity index (χ3n) is 5.45. The van der Waals surface area contributed by atoms with Gasteiger partial charge in [-0.05, 0) is 71.3 Å². The highest BCUT2D eigenvalue weighted by atomic mass is 32.1. The molecule has 0 radical (unpaired) electrons. The molecule has 0 aliphatic heterocycles. The zero-order valence-electron chi connectivity index (χ0n) is 19.9. The molecule has 0 atom stereocenters. The Bertz CT molecular complexity index is 1130. The van der Waals surface area contributed by atoms with Gasteiger partial charge in [-0.15, -0.1) is 11.3 Å². The minimum atomic E-state index is -0.908. The lowest BCUT2D eigenvalue weighted by molar-refractivity contribution is -0.464. The lowest BCUT2D eigenvalue weighted by Crippen LogP contribution is -2.73. The zero-order chi connectivity index (χ0) is 24.2. The van der Waals surface area contributed by atoms with Gasteiger partial charge in [0.2, 0.25) is 0 Å². The van der Waals surface area contributed by atoms with E-state index >= 15 is 0 Å². The average Bonchev–Trinajstić information content (AvgIpc) is 3.20. The Morgan fingerprint density at radius 2 is 1.64 bits per heavy atom. The van der Waals surface area contributed by atoms with Crippen molar-refractivity contribution in [3.63, 3.8) is 0 Å². The molecule has 1 heterocycles. The maximum Gasteiger partial charge on any atom is 0.376 e. The molecule has 0 amide bonds. The van der Waals surface area contributed by atoms with Crippen molar-refractivity contribution in [2.24, 2.45) is 0 Å². The van der Waals surface area contributed by atoms with E-state index in [-0.39, 0.29) is 24.3 Å². The van der Waals surface area contributed by atoms with E-state index in [1.165, 1.54) is 28.0 Å². The SMILES string of the molecule is Cc1cc(OCc2ccc(C(O)=[NH+]CCC(=O)O)s2)cc(C)c1-c1ccc(C(C)(C)C)cc1. The van der Waals surface area contributed by atoms with Crippen molar-refractivity contribution in [2.75, 3.05) is 6.54 Å². The van der Waals surface area contributed by atoms with Gasteiger partial charge in [0, 0.05) is 4.88 Å². The Hall–Kier alpha value is -3.12. The number of carbonyl (C=O) groups is 1. The van der Waals surface area contributed by atoms with Crippen molar-refractivity contribution in [1.29, 1.82) is 0 Å². The van der Waals surface area contributed by atoms with Gasteiger partial charge < -0.3 is 14.9 Å². The summed E-state index contributed by atoms with van der Waals surface area (Å²) in [5.74, 6) is -0.113. The molecule has 2 aromatic carbocycles. The van der Waals surface area contributed by atoms with E-state index in [2.05, 4.69) is 76.0 Å². The van der Waals surface area contributed by atoms with Gasteiger partial charge in [0.05, 0.1) is 0 Å². The van der Waals surface area contributed by atoms with Crippen LogP contribution in [0.25, 0.3) is 11.1 Å². The molecule has 3 aromatic rings. The molecule has 0 saturated heterocycles. The number of nitrogens with one attached hydrogen (secondary N) is 1. The highest BCUT2D eigenvalue weighted by Crippen LogP contribution is 2.33. The third-order valence-corrected chi connectivity index (χ3v) is 6.52. The van der Waals surface area contributed by atoms with E-state index in [9.17, 15) is 9.90 Å². The minimum Gasteiger partial charge on any atom is -0.488 e. The fraction of sp³-hybridized carbons (Fsp3) is 0.333. The number of aliphatic carboxylic acids is 1. The normalized spacial score (nSPS) is 12.1. The number of rotatable bonds is 8. The number of hydrogen-bond donors (Lipinski definition) is 3. The average molecular weight is 467 g/mol. The molecule has 6 heteroatoms. The topological polar surface area (TPSA) is 80.7 Å². The van der Waals surface area contributed by atoms with E-state index < -0.39 is 5.97 Å². The number of carboxylic acids is 1. The Morgan fingerprint density at radius 1 is 1.00 bits per heavy atom. The first-order chi connectivity index (χ1) is 15.5. The quantitative estimate of drug-likeness (QED) is 0.330. The van der Waals surface area contributed by atoms with Gasteiger partial charge in [0.25, 0.3) is 0 Å². The molecule has 0 saturated carbocycles. The van der Waals surface area contributed by atoms with Gasteiger partial charge in [-0.2, -0.15) is 0 Å². The molecule has 0 bridgehead atoms. The standard InChI is InChI=1S/C27H31NO4S/c1-17-14-21(15-18(2)25(17)19-6-8-20(9-7-19)27(3,4)5)32-16-22-10-11-23(33-22)26(31)28-13-12-24(29)30/h6-11,14-15H,12-13,16H2,1-5H3,(H,28,31)(H,29,30)/p+1. The van der Waals surface area contributed by atoms with Crippen LogP contribution in [0.15, 0.2) is 48.5 Å². The zero-order valence-corrected chi connectivity index (χ0v) is 20.7. The van der Waals surface area contributed by atoms with E-state index in [0.717, 1.165) is 21.8 Å². The van der Waals surface area contributed by atoms with Crippen molar-refractivity contribution in [3.05, 3.63) is 75.0 Å². The molecule has 174 valence electrons. The van der Waals surface area contributed by atoms with E-state index in [1.54, 1.807) is 6.07 Å². The molecule has 0 unspecified atom stereocenters.